The maximum Gasteiger partial charge on any atom is 0.144 e. The van der Waals surface area contributed by atoms with Crippen LogP contribution in [0.2, 0.25) is 0 Å². The highest BCUT2D eigenvalue weighted by molar-refractivity contribution is 5.74. The molecule has 0 saturated heterocycles. The summed E-state index contributed by atoms with van der Waals surface area (Å²) in [6, 6.07) is 6.53. The van der Waals surface area contributed by atoms with Gasteiger partial charge in [-0.15, -0.1) is 0 Å². The first kappa shape index (κ1) is 14.7. The number of rotatable bonds is 7. The summed E-state index contributed by atoms with van der Waals surface area (Å²) < 4.78 is 5.67. The van der Waals surface area contributed by atoms with Crippen LogP contribution in [-0.4, -0.2) is 19.7 Å². The Labute approximate surface area is 111 Å². The number of nitrogen functional groups attached to an aromatic ring is 1. The average Bonchev–Trinajstić information content (AvgIpc) is 2.39. The van der Waals surface area contributed by atoms with Gasteiger partial charge in [0, 0.05) is 13.1 Å². The third kappa shape index (κ3) is 3.31. The summed E-state index contributed by atoms with van der Waals surface area (Å²) in [5, 5.41) is 0. The highest BCUT2D eigenvalue weighted by Gasteiger charge is 2.15. The molecule has 3 heteroatoms. The minimum atomic E-state index is 0.522. The minimum Gasteiger partial charge on any atom is -0.491 e. The molecule has 0 radical (unpaired) electrons. The molecule has 3 nitrogen and oxygen atoms in total. The van der Waals surface area contributed by atoms with Crippen molar-refractivity contribution in [3.8, 4) is 5.75 Å². The fraction of sp³-hybridized carbons (Fsp3) is 0.600. The topological polar surface area (TPSA) is 38.5 Å². The van der Waals surface area contributed by atoms with Gasteiger partial charge in [-0.05, 0) is 31.4 Å². The Morgan fingerprint density at radius 2 is 1.89 bits per heavy atom. The second kappa shape index (κ2) is 7.14. The predicted molar refractivity (Wildman–Crippen MR) is 79.4 cm³/mol. The van der Waals surface area contributed by atoms with Crippen LogP contribution in [0.4, 0.5) is 11.4 Å². The normalized spacial score (nSPS) is 10.7. The van der Waals surface area contributed by atoms with Crippen molar-refractivity contribution in [2.24, 2.45) is 0 Å². The standard InChI is InChI=1S/C15H26N2O/c1-5-11-18-14-10-8-9-13(15(14)16)17(4)12(6-2)7-3/h8-10,12H,5-7,11,16H2,1-4H3. The minimum absolute atomic E-state index is 0.522. The Balaban J connectivity index is 2.94. The molecule has 1 aromatic rings. The molecule has 0 aromatic heterocycles. The third-order valence-corrected chi connectivity index (χ3v) is 3.38. The van der Waals surface area contributed by atoms with Crippen LogP contribution in [0.15, 0.2) is 18.2 Å². The summed E-state index contributed by atoms with van der Waals surface area (Å²) in [6.45, 7) is 7.22. The van der Waals surface area contributed by atoms with E-state index in [0.29, 0.717) is 12.6 Å². The molecule has 102 valence electrons. The van der Waals surface area contributed by atoms with Gasteiger partial charge >= 0.3 is 0 Å². The van der Waals surface area contributed by atoms with Crippen LogP contribution in [0.5, 0.6) is 5.75 Å². The number of nitrogens with two attached hydrogens (primary N) is 1. The molecule has 2 N–H and O–H groups in total. The zero-order valence-electron chi connectivity index (χ0n) is 12.1. The highest BCUT2D eigenvalue weighted by atomic mass is 16.5. The number of hydrogen-bond donors (Lipinski definition) is 1. The maximum absolute atomic E-state index is 6.21. The fourth-order valence-electron chi connectivity index (χ4n) is 2.21. The van der Waals surface area contributed by atoms with Crippen molar-refractivity contribution in [2.45, 2.75) is 46.1 Å². The number of benzene rings is 1. The van der Waals surface area contributed by atoms with Crippen molar-refractivity contribution >= 4 is 11.4 Å². The van der Waals surface area contributed by atoms with Gasteiger partial charge in [0.25, 0.3) is 0 Å². The van der Waals surface area contributed by atoms with Crippen molar-refractivity contribution < 1.29 is 4.74 Å². The molecule has 0 spiro atoms. The summed E-state index contributed by atoms with van der Waals surface area (Å²) in [6.07, 6.45) is 3.23. The summed E-state index contributed by atoms with van der Waals surface area (Å²) in [4.78, 5) is 2.26. The molecular formula is C15H26N2O. The number of ether oxygens (including phenoxy) is 1. The quantitative estimate of drug-likeness (QED) is 0.750. The van der Waals surface area contributed by atoms with E-state index in [9.17, 15) is 0 Å². The highest BCUT2D eigenvalue weighted by Crippen LogP contribution is 2.33. The summed E-state index contributed by atoms with van der Waals surface area (Å²) >= 11 is 0. The molecule has 0 aliphatic carbocycles. The first-order chi connectivity index (χ1) is 8.65. The van der Waals surface area contributed by atoms with E-state index in [4.69, 9.17) is 10.5 Å². The van der Waals surface area contributed by atoms with Gasteiger partial charge in [-0.3, -0.25) is 0 Å². The fourth-order valence-corrected chi connectivity index (χ4v) is 2.21. The smallest absolute Gasteiger partial charge is 0.144 e. The van der Waals surface area contributed by atoms with E-state index < -0.39 is 0 Å². The Bertz CT molecular complexity index is 362. The molecule has 18 heavy (non-hydrogen) atoms. The third-order valence-electron chi connectivity index (χ3n) is 3.38. The summed E-state index contributed by atoms with van der Waals surface area (Å²) in [5.41, 5.74) is 8.02. The molecule has 0 aliphatic heterocycles. The van der Waals surface area contributed by atoms with Gasteiger partial charge in [0.15, 0.2) is 0 Å². The Kier molecular flexibility index (Phi) is 5.83. The van der Waals surface area contributed by atoms with Crippen molar-refractivity contribution in [3.05, 3.63) is 18.2 Å². The maximum atomic E-state index is 6.21. The molecule has 0 saturated carbocycles. The molecule has 0 atom stereocenters. The van der Waals surface area contributed by atoms with Crippen LogP contribution in [0.1, 0.15) is 40.0 Å². The molecule has 0 unspecified atom stereocenters. The molecule has 0 heterocycles. The van der Waals surface area contributed by atoms with Gasteiger partial charge in [0.2, 0.25) is 0 Å². The van der Waals surface area contributed by atoms with Gasteiger partial charge in [-0.2, -0.15) is 0 Å². The van der Waals surface area contributed by atoms with Gasteiger partial charge in [-0.1, -0.05) is 26.8 Å². The Morgan fingerprint density at radius 3 is 2.44 bits per heavy atom. The van der Waals surface area contributed by atoms with Gasteiger partial charge < -0.3 is 15.4 Å². The Hall–Kier alpha value is -1.38. The molecular weight excluding hydrogens is 224 g/mol. The van der Waals surface area contributed by atoms with Gasteiger partial charge in [0.1, 0.15) is 5.75 Å². The van der Waals surface area contributed by atoms with Crippen LogP contribution in [-0.2, 0) is 0 Å². The molecule has 0 bridgehead atoms. The zero-order valence-corrected chi connectivity index (χ0v) is 12.1. The van der Waals surface area contributed by atoms with E-state index in [0.717, 1.165) is 36.4 Å². The average molecular weight is 250 g/mol. The van der Waals surface area contributed by atoms with E-state index in [1.165, 1.54) is 0 Å². The van der Waals surface area contributed by atoms with E-state index >= 15 is 0 Å². The zero-order chi connectivity index (χ0) is 13.5. The lowest BCUT2D eigenvalue weighted by Gasteiger charge is -2.30. The Morgan fingerprint density at radius 1 is 1.22 bits per heavy atom. The summed E-state index contributed by atoms with van der Waals surface area (Å²) in [7, 11) is 2.10. The summed E-state index contributed by atoms with van der Waals surface area (Å²) in [5.74, 6) is 0.798. The predicted octanol–water partition coefficient (Wildman–Crippen LogP) is 3.68. The lowest BCUT2D eigenvalue weighted by atomic mass is 10.1. The molecule has 0 amide bonds. The van der Waals surface area contributed by atoms with Crippen LogP contribution in [0.25, 0.3) is 0 Å². The molecule has 0 aliphatic rings. The van der Waals surface area contributed by atoms with Crippen molar-refractivity contribution in [1.82, 2.24) is 0 Å². The number of para-hydroxylation sites is 1. The van der Waals surface area contributed by atoms with Gasteiger partial charge in [0.05, 0.1) is 18.0 Å². The SMILES string of the molecule is CCCOc1cccc(N(C)C(CC)CC)c1N. The van der Waals surface area contributed by atoms with Crippen LogP contribution < -0.4 is 15.4 Å². The van der Waals surface area contributed by atoms with E-state index in [-0.39, 0.29) is 0 Å². The van der Waals surface area contributed by atoms with E-state index in [2.05, 4.69) is 38.8 Å². The van der Waals surface area contributed by atoms with E-state index in [1.54, 1.807) is 0 Å². The second-order valence-electron chi connectivity index (χ2n) is 4.62. The first-order valence-corrected chi connectivity index (χ1v) is 6.89. The number of hydrogen-bond acceptors (Lipinski definition) is 3. The lowest BCUT2D eigenvalue weighted by molar-refractivity contribution is 0.319. The number of anilines is 2. The van der Waals surface area contributed by atoms with Crippen LogP contribution >= 0.6 is 0 Å². The lowest BCUT2D eigenvalue weighted by Crippen LogP contribution is -2.31. The molecule has 1 aromatic carbocycles. The molecule has 1 rings (SSSR count). The van der Waals surface area contributed by atoms with Crippen molar-refractivity contribution in [3.63, 3.8) is 0 Å². The second-order valence-corrected chi connectivity index (χ2v) is 4.62. The first-order valence-electron chi connectivity index (χ1n) is 6.89. The molecule has 0 fully saturated rings. The number of nitrogens with zero attached hydrogens (tertiary/aromatic N) is 1. The van der Waals surface area contributed by atoms with Crippen molar-refractivity contribution in [1.29, 1.82) is 0 Å². The van der Waals surface area contributed by atoms with Crippen LogP contribution in [0, 0.1) is 0 Å². The van der Waals surface area contributed by atoms with Crippen LogP contribution in [0.3, 0.4) is 0 Å². The van der Waals surface area contributed by atoms with Crippen molar-refractivity contribution in [2.75, 3.05) is 24.3 Å². The largest absolute Gasteiger partial charge is 0.491 e. The van der Waals surface area contributed by atoms with E-state index in [1.807, 2.05) is 12.1 Å². The van der Waals surface area contributed by atoms with Gasteiger partial charge in [-0.25, -0.2) is 0 Å². The monoisotopic (exact) mass is 250 g/mol.